The van der Waals surface area contributed by atoms with Crippen LogP contribution in [0.3, 0.4) is 0 Å². The van der Waals surface area contributed by atoms with Gasteiger partial charge in [0.25, 0.3) is 0 Å². The molecule has 4 nitrogen and oxygen atoms in total. The molecule has 0 bridgehead atoms. The van der Waals surface area contributed by atoms with Crippen LogP contribution in [-0.2, 0) is 13.2 Å². The summed E-state index contributed by atoms with van der Waals surface area (Å²) in [5.41, 5.74) is 2.39. The Morgan fingerprint density at radius 2 is 2.06 bits per heavy atom. The molecule has 0 unspecified atom stereocenters. The van der Waals surface area contributed by atoms with E-state index in [4.69, 9.17) is 0 Å². The molecule has 0 atom stereocenters. The molecule has 2 aromatic rings. The highest BCUT2D eigenvalue weighted by molar-refractivity contribution is 9.10. The molecule has 1 aromatic carbocycles. The normalized spacial score (nSPS) is 10.5. The molecule has 0 aliphatic heterocycles. The van der Waals surface area contributed by atoms with Gasteiger partial charge in [-0.15, -0.1) is 11.7 Å². The summed E-state index contributed by atoms with van der Waals surface area (Å²) in [6.45, 7) is 4.13. The molecule has 0 aliphatic rings. The van der Waals surface area contributed by atoms with Crippen LogP contribution in [0.15, 0.2) is 41.4 Å². The van der Waals surface area contributed by atoms with Gasteiger partial charge in [0.15, 0.2) is 0 Å². The van der Waals surface area contributed by atoms with Crippen molar-refractivity contribution < 1.29 is 5.11 Å². The van der Waals surface area contributed by atoms with Gasteiger partial charge in [0, 0.05) is 10.0 Å². The Morgan fingerprint density at radius 3 is 2.65 bits per heavy atom. The van der Waals surface area contributed by atoms with E-state index >= 15 is 0 Å². The van der Waals surface area contributed by atoms with Crippen molar-refractivity contribution in [2.45, 2.75) is 13.2 Å². The number of allylic oxidation sites excluding steroid dienone is 1. The van der Waals surface area contributed by atoms with Crippen molar-refractivity contribution >= 4 is 15.9 Å². The highest BCUT2D eigenvalue weighted by atomic mass is 79.9. The van der Waals surface area contributed by atoms with Crippen LogP contribution in [0.1, 0.15) is 5.69 Å². The zero-order valence-corrected chi connectivity index (χ0v) is 10.8. The molecule has 17 heavy (non-hydrogen) atoms. The second kappa shape index (κ2) is 5.25. The average Bonchev–Trinajstić information content (AvgIpc) is 2.74. The molecular weight excluding hydrogens is 282 g/mol. The minimum absolute atomic E-state index is 0.122. The fourth-order valence-electron chi connectivity index (χ4n) is 1.63. The Labute approximate surface area is 108 Å². The molecule has 0 fully saturated rings. The van der Waals surface area contributed by atoms with Crippen LogP contribution in [0.25, 0.3) is 11.3 Å². The van der Waals surface area contributed by atoms with Gasteiger partial charge < -0.3 is 5.11 Å². The Kier molecular flexibility index (Phi) is 3.71. The first-order valence-corrected chi connectivity index (χ1v) is 5.95. The molecule has 1 N–H and O–H groups in total. The van der Waals surface area contributed by atoms with Crippen LogP contribution in [0.4, 0.5) is 0 Å². The van der Waals surface area contributed by atoms with Gasteiger partial charge >= 0.3 is 0 Å². The second-order valence-corrected chi connectivity index (χ2v) is 4.44. The van der Waals surface area contributed by atoms with E-state index in [1.165, 1.54) is 0 Å². The molecular formula is C12H12BrN3O. The van der Waals surface area contributed by atoms with E-state index in [1.807, 2.05) is 24.3 Å². The molecule has 0 radical (unpaired) electrons. The summed E-state index contributed by atoms with van der Waals surface area (Å²) in [5.74, 6) is 0. The third-order valence-corrected chi connectivity index (χ3v) is 2.90. The number of aromatic nitrogens is 3. The lowest BCUT2D eigenvalue weighted by atomic mass is 10.1. The molecule has 5 heteroatoms. The van der Waals surface area contributed by atoms with E-state index in [9.17, 15) is 5.11 Å². The standard InChI is InChI=1S/C12H12BrN3O/c1-2-7-16-12(11(8-17)14-15-16)9-3-5-10(13)6-4-9/h2-6,17H,1,7-8H2. The van der Waals surface area contributed by atoms with Crippen LogP contribution in [-0.4, -0.2) is 20.1 Å². The summed E-state index contributed by atoms with van der Waals surface area (Å²) in [6, 6.07) is 7.81. The third-order valence-electron chi connectivity index (χ3n) is 2.37. The fraction of sp³-hybridized carbons (Fsp3) is 0.167. The summed E-state index contributed by atoms with van der Waals surface area (Å²) >= 11 is 3.39. The van der Waals surface area contributed by atoms with Gasteiger partial charge in [0.1, 0.15) is 5.69 Å². The largest absolute Gasteiger partial charge is 0.390 e. The summed E-state index contributed by atoms with van der Waals surface area (Å²) < 4.78 is 2.73. The van der Waals surface area contributed by atoms with Crippen molar-refractivity contribution in [1.29, 1.82) is 0 Å². The SMILES string of the molecule is C=CCn1nnc(CO)c1-c1ccc(Br)cc1. The number of benzene rings is 1. The van der Waals surface area contributed by atoms with Crippen molar-refractivity contribution in [3.05, 3.63) is 47.1 Å². The lowest BCUT2D eigenvalue weighted by Gasteiger charge is -2.05. The summed E-state index contributed by atoms with van der Waals surface area (Å²) in [4.78, 5) is 0. The summed E-state index contributed by atoms with van der Waals surface area (Å²) in [7, 11) is 0. The molecule has 2 rings (SSSR count). The topological polar surface area (TPSA) is 50.9 Å². The zero-order chi connectivity index (χ0) is 12.3. The summed E-state index contributed by atoms with van der Waals surface area (Å²) in [6.07, 6.45) is 1.75. The zero-order valence-electron chi connectivity index (χ0n) is 9.17. The minimum atomic E-state index is -0.122. The predicted molar refractivity (Wildman–Crippen MR) is 69.3 cm³/mol. The van der Waals surface area contributed by atoms with E-state index in [0.717, 1.165) is 15.7 Å². The van der Waals surface area contributed by atoms with Crippen molar-refractivity contribution in [2.75, 3.05) is 0 Å². The lowest BCUT2D eigenvalue weighted by Crippen LogP contribution is -2.01. The fourth-order valence-corrected chi connectivity index (χ4v) is 1.89. The van der Waals surface area contributed by atoms with Crippen molar-refractivity contribution in [3.8, 4) is 11.3 Å². The van der Waals surface area contributed by atoms with E-state index in [-0.39, 0.29) is 6.61 Å². The first-order valence-electron chi connectivity index (χ1n) is 5.16. The molecule has 0 saturated heterocycles. The van der Waals surface area contributed by atoms with Crippen LogP contribution in [0, 0.1) is 0 Å². The number of hydrogen-bond acceptors (Lipinski definition) is 3. The van der Waals surface area contributed by atoms with Gasteiger partial charge in [-0.05, 0) is 12.1 Å². The van der Waals surface area contributed by atoms with Crippen LogP contribution < -0.4 is 0 Å². The summed E-state index contributed by atoms with van der Waals surface area (Å²) in [5, 5.41) is 17.2. The van der Waals surface area contributed by atoms with E-state index in [2.05, 4.69) is 32.8 Å². The molecule has 0 spiro atoms. The number of halogens is 1. The molecule has 0 aliphatic carbocycles. The molecule has 88 valence electrons. The molecule has 0 amide bonds. The second-order valence-electron chi connectivity index (χ2n) is 3.52. The lowest BCUT2D eigenvalue weighted by molar-refractivity contribution is 0.277. The highest BCUT2D eigenvalue weighted by Crippen LogP contribution is 2.24. The van der Waals surface area contributed by atoms with Gasteiger partial charge in [-0.25, -0.2) is 4.68 Å². The minimum Gasteiger partial charge on any atom is -0.390 e. The average molecular weight is 294 g/mol. The third kappa shape index (κ3) is 2.45. The van der Waals surface area contributed by atoms with Crippen molar-refractivity contribution in [2.24, 2.45) is 0 Å². The Balaban J connectivity index is 2.51. The molecule has 1 heterocycles. The van der Waals surface area contributed by atoms with Crippen molar-refractivity contribution in [1.82, 2.24) is 15.0 Å². The first kappa shape index (κ1) is 12.0. The first-order chi connectivity index (χ1) is 8.26. The Hall–Kier alpha value is -1.46. The maximum Gasteiger partial charge on any atom is 0.116 e. The maximum atomic E-state index is 9.26. The Bertz CT molecular complexity index is 519. The smallest absolute Gasteiger partial charge is 0.116 e. The predicted octanol–water partition coefficient (Wildman–Crippen LogP) is 2.39. The van der Waals surface area contributed by atoms with Gasteiger partial charge in [-0.3, -0.25) is 0 Å². The van der Waals surface area contributed by atoms with Gasteiger partial charge in [-0.2, -0.15) is 0 Å². The number of aliphatic hydroxyl groups is 1. The number of aliphatic hydroxyl groups excluding tert-OH is 1. The quantitative estimate of drug-likeness (QED) is 0.881. The van der Waals surface area contributed by atoms with E-state index in [0.29, 0.717) is 12.2 Å². The van der Waals surface area contributed by atoms with Crippen molar-refractivity contribution in [3.63, 3.8) is 0 Å². The number of nitrogens with zero attached hydrogens (tertiary/aromatic N) is 3. The van der Waals surface area contributed by atoms with E-state index in [1.54, 1.807) is 10.8 Å². The van der Waals surface area contributed by atoms with Crippen LogP contribution in [0.2, 0.25) is 0 Å². The van der Waals surface area contributed by atoms with Crippen LogP contribution >= 0.6 is 15.9 Å². The Morgan fingerprint density at radius 1 is 1.35 bits per heavy atom. The maximum absolute atomic E-state index is 9.26. The molecule has 1 aromatic heterocycles. The highest BCUT2D eigenvalue weighted by Gasteiger charge is 2.13. The molecule has 0 saturated carbocycles. The van der Waals surface area contributed by atoms with Gasteiger partial charge in [0.2, 0.25) is 0 Å². The monoisotopic (exact) mass is 293 g/mol. The number of hydrogen-bond donors (Lipinski definition) is 1. The van der Waals surface area contributed by atoms with Gasteiger partial charge in [0.05, 0.1) is 18.8 Å². The van der Waals surface area contributed by atoms with Gasteiger partial charge in [-0.1, -0.05) is 39.4 Å². The number of rotatable bonds is 4. The van der Waals surface area contributed by atoms with E-state index < -0.39 is 0 Å². The van der Waals surface area contributed by atoms with Crippen LogP contribution in [0.5, 0.6) is 0 Å².